The molecule has 0 saturated carbocycles. The first-order chi connectivity index (χ1) is 12.6. The van der Waals surface area contributed by atoms with Crippen LogP contribution in [0.3, 0.4) is 0 Å². The number of alkyl halides is 2. The van der Waals surface area contributed by atoms with E-state index in [1.165, 1.54) is 25.3 Å². The van der Waals surface area contributed by atoms with Gasteiger partial charge in [-0.1, -0.05) is 18.2 Å². The third kappa shape index (κ3) is 3.88. The molecule has 0 aliphatic carbocycles. The lowest BCUT2D eigenvalue weighted by atomic mass is 10.1. The average molecular weight is 359 g/mol. The number of fused-ring (bicyclic) bond motifs is 1. The van der Waals surface area contributed by atoms with Crippen molar-refractivity contribution < 1.29 is 27.8 Å². The second-order valence-electron chi connectivity index (χ2n) is 5.32. The molecule has 134 valence electrons. The monoisotopic (exact) mass is 359 g/mol. The highest BCUT2D eigenvalue weighted by Gasteiger charge is 2.14. The molecule has 5 nitrogen and oxygen atoms in total. The molecule has 26 heavy (non-hydrogen) atoms. The molecule has 0 unspecified atom stereocenters. The Bertz CT molecular complexity index is 925. The van der Waals surface area contributed by atoms with Crippen LogP contribution in [0.25, 0.3) is 10.9 Å². The largest absolute Gasteiger partial charge is 0.493 e. The fraction of sp³-hybridized carbons (Fsp3) is 0.158. The summed E-state index contributed by atoms with van der Waals surface area (Å²) in [5, 5.41) is 0.693. The van der Waals surface area contributed by atoms with Crippen molar-refractivity contribution in [3.8, 4) is 11.5 Å². The fourth-order valence-corrected chi connectivity index (χ4v) is 2.50. The van der Waals surface area contributed by atoms with E-state index in [1.807, 2.05) is 0 Å². The Kier molecular flexibility index (Phi) is 5.26. The molecule has 0 radical (unpaired) electrons. The van der Waals surface area contributed by atoms with E-state index in [2.05, 4.69) is 9.72 Å². The third-order valence-electron chi connectivity index (χ3n) is 3.68. The number of methoxy groups -OCH3 is 1. The van der Waals surface area contributed by atoms with Gasteiger partial charge >= 0.3 is 12.6 Å². The maximum atomic E-state index is 12.4. The highest BCUT2D eigenvalue weighted by Crippen LogP contribution is 2.30. The van der Waals surface area contributed by atoms with E-state index in [-0.39, 0.29) is 18.1 Å². The van der Waals surface area contributed by atoms with E-state index in [9.17, 15) is 13.6 Å². The topological polar surface area (TPSA) is 57.7 Å². The zero-order valence-electron chi connectivity index (χ0n) is 13.8. The normalized spacial score (nSPS) is 10.8. The highest BCUT2D eigenvalue weighted by atomic mass is 19.3. The Labute approximate surface area is 148 Å². The van der Waals surface area contributed by atoms with E-state index in [4.69, 9.17) is 9.47 Å². The summed E-state index contributed by atoms with van der Waals surface area (Å²) in [5.74, 6) is -0.457. The van der Waals surface area contributed by atoms with Crippen LogP contribution in [0, 0.1) is 0 Å². The van der Waals surface area contributed by atoms with Gasteiger partial charge in [0.2, 0.25) is 0 Å². The molecule has 1 heterocycles. The molecule has 0 aliphatic heterocycles. The van der Waals surface area contributed by atoms with Crippen LogP contribution >= 0.6 is 0 Å². The summed E-state index contributed by atoms with van der Waals surface area (Å²) in [6, 6.07) is 13.1. The molecule has 3 aromatic rings. The number of ether oxygens (including phenoxy) is 3. The maximum absolute atomic E-state index is 12.4. The molecule has 3 rings (SSSR count). The van der Waals surface area contributed by atoms with Crippen LogP contribution in [-0.2, 0) is 11.3 Å². The van der Waals surface area contributed by atoms with Gasteiger partial charge in [-0.3, -0.25) is 4.98 Å². The lowest BCUT2D eigenvalue weighted by molar-refractivity contribution is -0.0512. The summed E-state index contributed by atoms with van der Waals surface area (Å²) < 4.78 is 39.4. The number of nitrogens with zero attached hydrogens (tertiary/aromatic N) is 1. The number of hydrogen-bond acceptors (Lipinski definition) is 5. The van der Waals surface area contributed by atoms with Crippen LogP contribution in [0.1, 0.15) is 15.9 Å². The Morgan fingerprint density at radius 2 is 1.96 bits per heavy atom. The lowest BCUT2D eigenvalue weighted by Gasteiger charge is -2.12. The first-order valence-corrected chi connectivity index (χ1v) is 7.71. The molecule has 1 aromatic heterocycles. The van der Waals surface area contributed by atoms with E-state index >= 15 is 0 Å². The molecule has 0 saturated heterocycles. The standard InChI is InChI=1S/C19H15F2NO4/c1-24-17-10-12(7-8-16(17)26-19(20)21)11-25-18(23)14-4-2-6-15-13(14)5-3-9-22-15/h2-10,19H,11H2,1H3. The van der Waals surface area contributed by atoms with Crippen molar-refractivity contribution >= 4 is 16.9 Å². The summed E-state index contributed by atoms with van der Waals surface area (Å²) in [6.07, 6.45) is 1.65. The Morgan fingerprint density at radius 1 is 1.12 bits per heavy atom. The van der Waals surface area contributed by atoms with Gasteiger partial charge in [-0.15, -0.1) is 0 Å². The molecule has 0 bridgehead atoms. The molecule has 7 heteroatoms. The summed E-state index contributed by atoms with van der Waals surface area (Å²) >= 11 is 0. The second kappa shape index (κ2) is 7.77. The number of pyridine rings is 1. The van der Waals surface area contributed by atoms with E-state index in [0.717, 1.165) is 0 Å². The zero-order chi connectivity index (χ0) is 18.5. The summed E-state index contributed by atoms with van der Waals surface area (Å²) in [4.78, 5) is 16.6. The Morgan fingerprint density at radius 3 is 2.73 bits per heavy atom. The van der Waals surface area contributed by atoms with Gasteiger partial charge in [0.1, 0.15) is 6.61 Å². The number of esters is 1. The SMILES string of the molecule is COc1cc(COC(=O)c2cccc3ncccc23)ccc1OC(F)F. The van der Waals surface area contributed by atoms with Crippen LogP contribution in [0.15, 0.2) is 54.7 Å². The number of carbonyl (C=O) groups is 1. The predicted octanol–water partition coefficient (Wildman–Crippen LogP) is 4.20. The fourth-order valence-electron chi connectivity index (χ4n) is 2.50. The van der Waals surface area contributed by atoms with Gasteiger partial charge < -0.3 is 14.2 Å². The molecule has 0 amide bonds. The van der Waals surface area contributed by atoms with Crippen molar-refractivity contribution in [2.45, 2.75) is 13.2 Å². The van der Waals surface area contributed by atoms with Gasteiger partial charge in [0, 0.05) is 11.6 Å². The van der Waals surface area contributed by atoms with Crippen LogP contribution in [0.5, 0.6) is 11.5 Å². The van der Waals surface area contributed by atoms with Crippen molar-refractivity contribution in [1.82, 2.24) is 4.98 Å². The molecule has 2 aromatic carbocycles. The molecule has 0 spiro atoms. The molecular weight excluding hydrogens is 344 g/mol. The number of aromatic nitrogens is 1. The number of benzene rings is 2. The molecule has 0 N–H and O–H groups in total. The van der Waals surface area contributed by atoms with Gasteiger partial charge in [-0.25, -0.2) is 4.79 Å². The van der Waals surface area contributed by atoms with Crippen LogP contribution in [-0.4, -0.2) is 24.7 Å². The summed E-state index contributed by atoms with van der Waals surface area (Å²) in [6.45, 7) is -2.99. The van der Waals surface area contributed by atoms with Crippen molar-refractivity contribution in [3.63, 3.8) is 0 Å². The first-order valence-electron chi connectivity index (χ1n) is 7.71. The smallest absolute Gasteiger partial charge is 0.387 e. The van der Waals surface area contributed by atoms with E-state index in [1.54, 1.807) is 36.5 Å². The average Bonchev–Trinajstić information content (AvgIpc) is 2.66. The minimum atomic E-state index is -2.95. The van der Waals surface area contributed by atoms with E-state index < -0.39 is 12.6 Å². The number of hydrogen-bond donors (Lipinski definition) is 0. The van der Waals surface area contributed by atoms with Crippen molar-refractivity contribution in [2.24, 2.45) is 0 Å². The van der Waals surface area contributed by atoms with Gasteiger partial charge in [0.15, 0.2) is 11.5 Å². The van der Waals surface area contributed by atoms with Crippen LogP contribution < -0.4 is 9.47 Å². The van der Waals surface area contributed by atoms with Gasteiger partial charge in [-0.05, 0) is 35.9 Å². The predicted molar refractivity (Wildman–Crippen MR) is 90.5 cm³/mol. The molecule has 0 fully saturated rings. The van der Waals surface area contributed by atoms with Gasteiger partial charge in [0.25, 0.3) is 0 Å². The zero-order valence-corrected chi connectivity index (χ0v) is 13.8. The van der Waals surface area contributed by atoms with Crippen molar-refractivity contribution in [3.05, 3.63) is 65.9 Å². The molecule has 0 aliphatic rings. The Balaban J connectivity index is 1.75. The van der Waals surface area contributed by atoms with Gasteiger partial charge in [-0.2, -0.15) is 8.78 Å². The quantitative estimate of drug-likeness (QED) is 0.618. The molecular formula is C19H15F2NO4. The lowest BCUT2D eigenvalue weighted by Crippen LogP contribution is -2.07. The minimum Gasteiger partial charge on any atom is -0.493 e. The third-order valence-corrected chi connectivity index (χ3v) is 3.68. The maximum Gasteiger partial charge on any atom is 0.387 e. The second-order valence-corrected chi connectivity index (χ2v) is 5.32. The Hall–Kier alpha value is -3.22. The number of rotatable bonds is 6. The van der Waals surface area contributed by atoms with Crippen molar-refractivity contribution in [1.29, 1.82) is 0 Å². The number of halogens is 2. The highest BCUT2D eigenvalue weighted by molar-refractivity contribution is 6.03. The van der Waals surface area contributed by atoms with Crippen LogP contribution in [0.4, 0.5) is 8.78 Å². The first kappa shape index (κ1) is 17.6. The minimum absolute atomic E-state index is 0.0409. The number of carbonyl (C=O) groups excluding carboxylic acids is 1. The summed E-state index contributed by atoms with van der Waals surface area (Å²) in [5.41, 5.74) is 1.67. The van der Waals surface area contributed by atoms with Crippen molar-refractivity contribution in [2.75, 3.05) is 7.11 Å². The van der Waals surface area contributed by atoms with E-state index in [0.29, 0.717) is 22.0 Å². The summed E-state index contributed by atoms with van der Waals surface area (Å²) in [7, 11) is 1.34. The van der Waals surface area contributed by atoms with Crippen LogP contribution in [0.2, 0.25) is 0 Å². The van der Waals surface area contributed by atoms with Gasteiger partial charge in [0.05, 0.1) is 18.2 Å². The molecule has 0 atom stereocenters.